The van der Waals surface area contributed by atoms with Crippen LogP contribution in [0.3, 0.4) is 0 Å². The molecule has 0 aromatic heterocycles. The Labute approximate surface area is 139 Å². The van der Waals surface area contributed by atoms with Gasteiger partial charge in [-0.05, 0) is 30.2 Å². The molecule has 0 saturated heterocycles. The Bertz CT molecular complexity index is 604. The van der Waals surface area contributed by atoms with Crippen molar-refractivity contribution in [2.24, 2.45) is 10.9 Å². The molecule has 0 aromatic carbocycles. The summed E-state index contributed by atoms with van der Waals surface area (Å²) < 4.78 is 22.5. The van der Waals surface area contributed by atoms with Crippen LogP contribution in [0.1, 0.15) is 6.92 Å². The molecular weight excluding hydrogens is 326 g/mol. The van der Waals surface area contributed by atoms with Crippen LogP contribution in [0.2, 0.25) is 0 Å². The van der Waals surface area contributed by atoms with Crippen molar-refractivity contribution >= 4 is 11.5 Å². The van der Waals surface area contributed by atoms with Crippen molar-refractivity contribution in [1.82, 2.24) is 0 Å². The van der Waals surface area contributed by atoms with E-state index in [1.807, 2.05) is 25.2 Å². The molecule has 2 aliphatic carbocycles. The molecule has 112 valence electrons. The number of rotatable bonds is 0. The largest absolute Gasteiger partial charge is 0 e. The topological polar surface area (TPSA) is 89.1 Å². The summed E-state index contributed by atoms with van der Waals surface area (Å²) in [6.45, 7) is 15.3. The van der Waals surface area contributed by atoms with E-state index in [2.05, 4.69) is 37.1 Å². The number of carbonyl (C=O) groups excluding carboxylic acids is 1. The van der Waals surface area contributed by atoms with Crippen LogP contribution in [0, 0.1) is 25.9 Å². The molecule has 6 heteroatoms. The SMILES string of the molecule is CC1=CC2=N[C@H]3C=CC=C[C@H]3C2=CC1=O.[C-]#[O+].[C-]#[O+].[C-]#[O+].[Fe]. The Morgan fingerprint density at radius 1 is 1.00 bits per heavy atom. The minimum atomic E-state index is 0. The first-order valence-electron chi connectivity index (χ1n) is 5.74. The van der Waals surface area contributed by atoms with Gasteiger partial charge in [0, 0.05) is 23.0 Å². The minimum Gasteiger partial charge on any atom is 0 e. The molecular formula is C16H11FeNO4. The standard InChI is InChI=1S/C13H11NO.3CO.Fe/c1-8-6-12-10(7-13(8)15)9-4-2-3-5-11(9)14-12;3*1-2;/h2-7,9,11H,1H3;;;;/t9-,11-;;;;/m0..../s1. The normalized spacial score (nSPS) is 22.0. The Hall–Kier alpha value is -1.96. The zero-order chi connectivity index (χ0) is 16.4. The van der Waals surface area contributed by atoms with Gasteiger partial charge in [0.2, 0.25) is 0 Å². The summed E-state index contributed by atoms with van der Waals surface area (Å²) in [4.78, 5) is 16.2. The molecule has 3 aliphatic rings. The fourth-order valence-corrected chi connectivity index (χ4v) is 2.23. The molecule has 22 heavy (non-hydrogen) atoms. The second-order valence-corrected chi connectivity index (χ2v) is 4.09. The van der Waals surface area contributed by atoms with Crippen LogP contribution < -0.4 is 0 Å². The van der Waals surface area contributed by atoms with Gasteiger partial charge in [-0.2, -0.15) is 0 Å². The predicted octanol–water partition coefficient (Wildman–Crippen LogP) is 1.89. The van der Waals surface area contributed by atoms with Crippen molar-refractivity contribution in [2.45, 2.75) is 13.0 Å². The maximum Gasteiger partial charge on any atom is 0 e. The first-order valence-corrected chi connectivity index (χ1v) is 5.74. The number of fused-ring (bicyclic) bond motifs is 3. The van der Waals surface area contributed by atoms with Crippen molar-refractivity contribution in [3.63, 3.8) is 0 Å². The molecule has 0 amide bonds. The summed E-state index contributed by atoms with van der Waals surface area (Å²) in [6.07, 6.45) is 11.9. The van der Waals surface area contributed by atoms with E-state index in [4.69, 9.17) is 14.0 Å². The Kier molecular flexibility index (Phi) is 11.8. The molecule has 1 heterocycles. The average molecular weight is 337 g/mol. The summed E-state index contributed by atoms with van der Waals surface area (Å²) in [7, 11) is 0. The molecule has 0 saturated carbocycles. The van der Waals surface area contributed by atoms with E-state index >= 15 is 0 Å². The second-order valence-electron chi connectivity index (χ2n) is 4.09. The van der Waals surface area contributed by atoms with Gasteiger partial charge in [-0.25, -0.2) is 0 Å². The van der Waals surface area contributed by atoms with Crippen LogP contribution in [0.5, 0.6) is 0 Å². The Morgan fingerprint density at radius 2 is 1.55 bits per heavy atom. The third kappa shape index (κ3) is 4.80. The first-order chi connectivity index (χ1) is 10.3. The van der Waals surface area contributed by atoms with Crippen LogP contribution >= 0.6 is 0 Å². The van der Waals surface area contributed by atoms with Gasteiger partial charge in [0.1, 0.15) is 0 Å². The van der Waals surface area contributed by atoms with E-state index in [1.54, 1.807) is 6.08 Å². The number of aliphatic imine (C=N–C) groups is 1. The van der Waals surface area contributed by atoms with Gasteiger partial charge in [0.15, 0.2) is 5.78 Å². The summed E-state index contributed by atoms with van der Waals surface area (Å²) in [5, 5.41) is 0. The summed E-state index contributed by atoms with van der Waals surface area (Å²) in [5.41, 5.74) is 2.85. The predicted molar refractivity (Wildman–Crippen MR) is 71.6 cm³/mol. The quantitative estimate of drug-likeness (QED) is 0.287. The van der Waals surface area contributed by atoms with E-state index < -0.39 is 0 Å². The first kappa shape index (κ1) is 22.3. The molecule has 0 unspecified atom stereocenters. The molecule has 0 bridgehead atoms. The van der Waals surface area contributed by atoms with Crippen molar-refractivity contribution < 1.29 is 35.8 Å². The molecule has 0 aromatic rings. The number of allylic oxidation sites excluding steroid dienone is 5. The third-order valence-electron chi connectivity index (χ3n) is 3.08. The average Bonchev–Trinajstić information content (AvgIpc) is 2.91. The van der Waals surface area contributed by atoms with Crippen molar-refractivity contribution in [3.8, 4) is 0 Å². The molecule has 2 atom stereocenters. The number of hydrogen-bond acceptors (Lipinski definition) is 2. The monoisotopic (exact) mass is 337 g/mol. The van der Waals surface area contributed by atoms with E-state index in [9.17, 15) is 4.79 Å². The van der Waals surface area contributed by atoms with E-state index in [1.165, 1.54) is 0 Å². The summed E-state index contributed by atoms with van der Waals surface area (Å²) in [5.74, 6) is 0.394. The van der Waals surface area contributed by atoms with Gasteiger partial charge in [0.05, 0.1) is 11.8 Å². The van der Waals surface area contributed by atoms with Crippen molar-refractivity contribution in [1.29, 1.82) is 0 Å². The third-order valence-corrected chi connectivity index (χ3v) is 3.08. The van der Waals surface area contributed by atoms with Crippen LogP contribution in [-0.2, 0) is 35.8 Å². The maximum atomic E-state index is 11.6. The van der Waals surface area contributed by atoms with Gasteiger partial charge in [-0.15, -0.1) is 0 Å². The molecule has 5 nitrogen and oxygen atoms in total. The van der Waals surface area contributed by atoms with Gasteiger partial charge in [-0.1, -0.05) is 24.3 Å². The van der Waals surface area contributed by atoms with Crippen LogP contribution in [0.15, 0.2) is 52.6 Å². The van der Waals surface area contributed by atoms with Crippen molar-refractivity contribution in [3.05, 3.63) is 67.6 Å². The number of ketones is 1. The number of carbonyl (C=O) groups is 1. The number of hydrogen-bond donors (Lipinski definition) is 0. The molecule has 0 spiro atoms. The second kappa shape index (κ2) is 11.7. The molecule has 3 rings (SSSR count). The Balaban J connectivity index is 0. The smallest absolute Gasteiger partial charge is 0 e. The number of nitrogens with zero attached hydrogens (tertiary/aromatic N) is 1. The van der Waals surface area contributed by atoms with Crippen LogP contribution in [0.4, 0.5) is 0 Å². The zero-order valence-corrected chi connectivity index (χ0v) is 12.7. The summed E-state index contributed by atoms with van der Waals surface area (Å²) >= 11 is 0. The molecule has 0 fully saturated rings. The van der Waals surface area contributed by atoms with E-state index in [-0.39, 0.29) is 34.8 Å². The van der Waals surface area contributed by atoms with E-state index in [0.29, 0.717) is 0 Å². The fraction of sp³-hybridized carbons (Fsp3) is 0.188. The van der Waals surface area contributed by atoms with E-state index in [0.717, 1.165) is 16.9 Å². The zero-order valence-electron chi connectivity index (χ0n) is 11.6. The maximum absolute atomic E-state index is 11.6. The molecule has 1 aliphatic heterocycles. The fourth-order valence-electron chi connectivity index (χ4n) is 2.23. The summed E-state index contributed by atoms with van der Waals surface area (Å²) in [6, 6.07) is 0.200. The molecule has 0 N–H and O–H groups in total. The Morgan fingerprint density at radius 3 is 2.14 bits per heavy atom. The van der Waals surface area contributed by atoms with Gasteiger partial charge in [0.25, 0.3) is 0 Å². The van der Waals surface area contributed by atoms with Crippen LogP contribution in [-0.4, -0.2) is 17.5 Å². The molecule has 0 radical (unpaired) electrons. The van der Waals surface area contributed by atoms with Crippen LogP contribution in [0.25, 0.3) is 0 Å². The van der Waals surface area contributed by atoms with Crippen molar-refractivity contribution in [2.75, 3.05) is 0 Å². The van der Waals surface area contributed by atoms with Gasteiger partial charge >= 0.3 is 33.9 Å². The van der Waals surface area contributed by atoms with Gasteiger partial charge < -0.3 is 0 Å². The minimum absolute atomic E-state index is 0. The van der Waals surface area contributed by atoms with Gasteiger partial charge in [-0.3, -0.25) is 9.79 Å².